The van der Waals surface area contributed by atoms with Gasteiger partial charge in [0.15, 0.2) is 0 Å². The molecular weight excluding hydrogens is 236 g/mol. The Morgan fingerprint density at radius 2 is 1.74 bits per heavy atom. The fourth-order valence-electron chi connectivity index (χ4n) is 4.24. The molecule has 2 saturated carbocycles. The Labute approximate surface area is 117 Å². The van der Waals surface area contributed by atoms with Crippen molar-refractivity contribution in [2.75, 3.05) is 20.1 Å². The Morgan fingerprint density at radius 1 is 1.11 bits per heavy atom. The molecular formula is C16H28N2O. The maximum atomic E-state index is 12.7. The SMILES string of the molecule is CN(C(=O)C1CC12CCNCC2)C1CCCCCC1. The minimum absolute atomic E-state index is 0.350. The van der Waals surface area contributed by atoms with Crippen LogP contribution in [0.25, 0.3) is 0 Å². The van der Waals surface area contributed by atoms with E-state index in [-0.39, 0.29) is 0 Å². The summed E-state index contributed by atoms with van der Waals surface area (Å²) in [5.74, 6) is 0.802. The third-order valence-corrected chi connectivity index (χ3v) is 5.81. The van der Waals surface area contributed by atoms with E-state index in [1.807, 2.05) is 0 Å². The molecule has 3 rings (SSSR count). The Hall–Kier alpha value is -0.570. The average molecular weight is 264 g/mol. The third kappa shape index (κ3) is 2.67. The molecule has 108 valence electrons. The zero-order valence-electron chi connectivity index (χ0n) is 12.3. The molecule has 1 atom stereocenters. The van der Waals surface area contributed by atoms with Crippen LogP contribution in [0.15, 0.2) is 0 Å². The second kappa shape index (κ2) is 5.43. The summed E-state index contributed by atoms with van der Waals surface area (Å²) in [6, 6.07) is 0.523. The fraction of sp³-hybridized carbons (Fsp3) is 0.938. The molecule has 0 radical (unpaired) electrons. The van der Waals surface area contributed by atoms with Crippen molar-refractivity contribution in [3.63, 3.8) is 0 Å². The first-order valence-electron chi connectivity index (χ1n) is 8.20. The molecule has 0 aromatic carbocycles. The number of rotatable bonds is 2. The second-order valence-electron chi connectivity index (χ2n) is 6.96. The standard InChI is InChI=1S/C16H28N2O/c1-18(13-6-4-2-3-5-7-13)15(19)14-12-16(14)8-10-17-11-9-16/h13-14,17H,2-12H2,1H3. The zero-order valence-corrected chi connectivity index (χ0v) is 12.3. The van der Waals surface area contributed by atoms with E-state index >= 15 is 0 Å². The van der Waals surface area contributed by atoms with Gasteiger partial charge in [0.05, 0.1) is 0 Å². The van der Waals surface area contributed by atoms with Gasteiger partial charge in [-0.15, -0.1) is 0 Å². The highest BCUT2D eigenvalue weighted by Crippen LogP contribution is 2.59. The molecule has 1 heterocycles. The van der Waals surface area contributed by atoms with Crippen molar-refractivity contribution in [1.29, 1.82) is 0 Å². The van der Waals surface area contributed by atoms with E-state index in [0.29, 0.717) is 23.3 Å². The lowest BCUT2D eigenvalue weighted by Crippen LogP contribution is -2.40. The summed E-state index contributed by atoms with van der Waals surface area (Å²) in [5, 5.41) is 3.42. The van der Waals surface area contributed by atoms with E-state index in [0.717, 1.165) is 19.5 Å². The van der Waals surface area contributed by atoms with Crippen LogP contribution in [0.1, 0.15) is 57.8 Å². The largest absolute Gasteiger partial charge is 0.343 e. The summed E-state index contributed by atoms with van der Waals surface area (Å²) >= 11 is 0. The number of carbonyl (C=O) groups is 1. The van der Waals surface area contributed by atoms with Crippen LogP contribution in [-0.2, 0) is 4.79 Å². The minimum Gasteiger partial charge on any atom is -0.343 e. The van der Waals surface area contributed by atoms with Crippen molar-refractivity contribution in [2.24, 2.45) is 11.3 Å². The Kier molecular flexibility index (Phi) is 3.84. The fourth-order valence-corrected chi connectivity index (χ4v) is 4.24. The first-order chi connectivity index (χ1) is 9.23. The lowest BCUT2D eigenvalue weighted by atomic mass is 9.91. The molecule has 19 heavy (non-hydrogen) atoms. The smallest absolute Gasteiger partial charge is 0.226 e. The van der Waals surface area contributed by atoms with Gasteiger partial charge in [-0.3, -0.25) is 4.79 Å². The molecule has 3 fully saturated rings. The first kappa shape index (κ1) is 13.4. The maximum absolute atomic E-state index is 12.7. The van der Waals surface area contributed by atoms with Crippen molar-refractivity contribution >= 4 is 5.91 Å². The Bertz CT molecular complexity index is 328. The number of nitrogens with zero attached hydrogens (tertiary/aromatic N) is 1. The number of hydrogen-bond donors (Lipinski definition) is 1. The van der Waals surface area contributed by atoms with Crippen LogP contribution in [-0.4, -0.2) is 37.0 Å². The molecule has 1 amide bonds. The lowest BCUT2D eigenvalue weighted by molar-refractivity contribution is -0.134. The van der Waals surface area contributed by atoms with Crippen molar-refractivity contribution in [1.82, 2.24) is 10.2 Å². The highest BCUT2D eigenvalue weighted by atomic mass is 16.2. The van der Waals surface area contributed by atoms with Gasteiger partial charge >= 0.3 is 0 Å². The van der Waals surface area contributed by atoms with E-state index in [1.54, 1.807) is 0 Å². The van der Waals surface area contributed by atoms with Crippen LogP contribution < -0.4 is 5.32 Å². The number of carbonyl (C=O) groups excluding carboxylic acids is 1. The molecule has 2 aliphatic carbocycles. The van der Waals surface area contributed by atoms with Crippen molar-refractivity contribution in [3.05, 3.63) is 0 Å². The van der Waals surface area contributed by atoms with Gasteiger partial charge < -0.3 is 10.2 Å². The molecule has 3 nitrogen and oxygen atoms in total. The Balaban J connectivity index is 1.58. The van der Waals surface area contributed by atoms with Crippen LogP contribution in [0.4, 0.5) is 0 Å². The predicted octanol–water partition coefficient (Wildman–Crippen LogP) is 2.56. The molecule has 0 aromatic heterocycles. The molecule has 3 heteroatoms. The Morgan fingerprint density at radius 3 is 2.37 bits per heavy atom. The van der Waals surface area contributed by atoms with Crippen molar-refractivity contribution in [3.8, 4) is 0 Å². The van der Waals surface area contributed by atoms with Gasteiger partial charge in [0.2, 0.25) is 5.91 Å². The summed E-state index contributed by atoms with van der Waals surface area (Å²) in [6.07, 6.45) is 11.4. The molecule has 1 spiro atoms. The molecule has 1 N–H and O–H groups in total. The van der Waals surface area contributed by atoms with E-state index in [4.69, 9.17) is 0 Å². The van der Waals surface area contributed by atoms with Crippen LogP contribution in [0.3, 0.4) is 0 Å². The van der Waals surface area contributed by atoms with Gasteiger partial charge in [-0.25, -0.2) is 0 Å². The maximum Gasteiger partial charge on any atom is 0.226 e. The van der Waals surface area contributed by atoms with Crippen LogP contribution in [0, 0.1) is 11.3 Å². The zero-order chi connectivity index (χ0) is 13.3. The predicted molar refractivity (Wildman–Crippen MR) is 76.9 cm³/mol. The number of hydrogen-bond acceptors (Lipinski definition) is 2. The van der Waals surface area contributed by atoms with Gasteiger partial charge in [-0.05, 0) is 50.6 Å². The molecule has 1 aliphatic heterocycles. The van der Waals surface area contributed by atoms with Crippen LogP contribution in [0.5, 0.6) is 0 Å². The summed E-state index contributed by atoms with van der Waals surface area (Å²) in [4.78, 5) is 14.8. The third-order valence-electron chi connectivity index (χ3n) is 5.81. The number of piperidine rings is 1. The topological polar surface area (TPSA) is 32.3 Å². The average Bonchev–Trinajstić information content (AvgIpc) is 3.18. The van der Waals surface area contributed by atoms with Crippen molar-refractivity contribution in [2.45, 2.75) is 63.8 Å². The van der Waals surface area contributed by atoms with Gasteiger partial charge in [-0.1, -0.05) is 25.7 Å². The van der Waals surface area contributed by atoms with Crippen molar-refractivity contribution < 1.29 is 4.79 Å². The van der Waals surface area contributed by atoms with Crippen LogP contribution in [0.2, 0.25) is 0 Å². The normalized spacial score (nSPS) is 30.9. The highest BCUT2D eigenvalue weighted by molar-refractivity contribution is 5.82. The second-order valence-corrected chi connectivity index (χ2v) is 6.96. The van der Waals surface area contributed by atoms with E-state index in [1.165, 1.54) is 51.4 Å². The number of amides is 1. The lowest BCUT2D eigenvalue weighted by Gasteiger charge is -2.29. The molecule has 0 bridgehead atoms. The molecule has 0 aromatic rings. The van der Waals surface area contributed by atoms with E-state index in [2.05, 4.69) is 17.3 Å². The molecule has 1 saturated heterocycles. The van der Waals surface area contributed by atoms with Crippen LogP contribution >= 0.6 is 0 Å². The molecule has 3 aliphatic rings. The summed E-state index contributed by atoms with van der Waals surface area (Å²) < 4.78 is 0. The highest BCUT2D eigenvalue weighted by Gasteiger charge is 2.58. The monoisotopic (exact) mass is 264 g/mol. The van der Waals surface area contributed by atoms with E-state index < -0.39 is 0 Å². The number of nitrogens with one attached hydrogen (secondary N) is 1. The molecule has 1 unspecified atom stereocenters. The summed E-state index contributed by atoms with van der Waals surface area (Å²) in [6.45, 7) is 2.22. The summed E-state index contributed by atoms with van der Waals surface area (Å²) in [5.41, 5.74) is 0.390. The first-order valence-corrected chi connectivity index (χ1v) is 8.20. The van der Waals surface area contributed by atoms with Gasteiger partial charge in [0.1, 0.15) is 0 Å². The quantitative estimate of drug-likeness (QED) is 0.777. The summed E-state index contributed by atoms with van der Waals surface area (Å²) in [7, 11) is 2.06. The van der Waals surface area contributed by atoms with Gasteiger partial charge in [0, 0.05) is 19.0 Å². The van der Waals surface area contributed by atoms with E-state index in [9.17, 15) is 4.79 Å². The minimum atomic E-state index is 0.350. The van der Waals surface area contributed by atoms with Gasteiger partial charge in [-0.2, -0.15) is 0 Å². The van der Waals surface area contributed by atoms with Gasteiger partial charge in [0.25, 0.3) is 0 Å².